The second-order valence-corrected chi connectivity index (χ2v) is 5.62. The summed E-state index contributed by atoms with van der Waals surface area (Å²) in [7, 11) is 0. The predicted octanol–water partition coefficient (Wildman–Crippen LogP) is 1.42. The van der Waals surface area contributed by atoms with Crippen LogP contribution in [-0.2, 0) is 0 Å². The first-order valence-corrected chi connectivity index (χ1v) is 7.22. The molecule has 1 saturated heterocycles. The molecule has 1 fully saturated rings. The predicted molar refractivity (Wildman–Crippen MR) is 81.2 cm³/mol. The topological polar surface area (TPSA) is 110 Å². The Morgan fingerprint density at radius 2 is 2.10 bits per heavy atom. The number of nitro groups is 1. The number of hydrogen-bond donors (Lipinski definition) is 2. The second-order valence-electron chi connectivity index (χ2n) is 5.62. The van der Waals surface area contributed by atoms with E-state index in [0.717, 1.165) is 19.6 Å². The molecule has 2 heterocycles. The van der Waals surface area contributed by atoms with E-state index in [1.54, 1.807) is 6.92 Å². The largest absolute Gasteiger partial charge is 0.368 e. The number of nitrogens with zero attached hydrogens (tertiary/aromatic N) is 4. The van der Waals surface area contributed by atoms with Gasteiger partial charge in [0, 0.05) is 13.1 Å². The Hall–Kier alpha value is -1.96. The average Bonchev–Trinajstić information content (AvgIpc) is 2.87. The van der Waals surface area contributed by atoms with E-state index in [4.69, 9.17) is 5.73 Å². The van der Waals surface area contributed by atoms with Crippen molar-refractivity contribution >= 4 is 17.5 Å². The zero-order valence-electron chi connectivity index (χ0n) is 12.5. The van der Waals surface area contributed by atoms with Crippen LogP contribution in [0.5, 0.6) is 0 Å². The molecule has 0 saturated carbocycles. The lowest BCUT2D eigenvalue weighted by atomic mass is 10.1. The van der Waals surface area contributed by atoms with E-state index in [2.05, 4.69) is 27.1 Å². The minimum absolute atomic E-state index is 0.0489. The highest BCUT2D eigenvalue weighted by molar-refractivity contribution is 5.60. The first-order valence-electron chi connectivity index (χ1n) is 7.22. The Bertz CT molecular complexity index is 516. The van der Waals surface area contributed by atoms with Crippen LogP contribution in [0.15, 0.2) is 0 Å². The fourth-order valence-corrected chi connectivity index (χ4v) is 2.67. The molecule has 1 aromatic rings. The molecule has 1 unspecified atom stereocenters. The lowest BCUT2D eigenvalue weighted by Gasteiger charge is -2.20. The van der Waals surface area contributed by atoms with Gasteiger partial charge in [-0.3, -0.25) is 10.1 Å². The zero-order chi connectivity index (χ0) is 15.4. The van der Waals surface area contributed by atoms with Gasteiger partial charge in [0.25, 0.3) is 0 Å². The Balaban J connectivity index is 2.00. The van der Waals surface area contributed by atoms with Gasteiger partial charge in [0.15, 0.2) is 0 Å². The molecule has 3 N–H and O–H groups in total. The number of aryl methyl sites for hydroxylation is 1. The van der Waals surface area contributed by atoms with Crippen molar-refractivity contribution in [3.63, 3.8) is 0 Å². The Kier molecular flexibility index (Phi) is 4.89. The van der Waals surface area contributed by atoms with Crippen molar-refractivity contribution in [2.45, 2.75) is 26.7 Å². The monoisotopic (exact) mass is 294 g/mol. The quantitative estimate of drug-likeness (QED) is 0.603. The maximum Gasteiger partial charge on any atom is 0.332 e. The van der Waals surface area contributed by atoms with Crippen molar-refractivity contribution in [1.82, 2.24) is 14.9 Å². The van der Waals surface area contributed by atoms with Gasteiger partial charge in [-0.2, -0.15) is 4.98 Å². The highest BCUT2D eigenvalue weighted by Gasteiger charge is 2.22. The van der Waals surface area contributed by atoms with Crippen LogP contribution < -0.4 is 11.1 Å². The normalized spacial score (nSPS) is 16.9. The summed E-state index contributed by atoms with van der Waals surface area (Å²) in [5.41, 5.74) is 5.75. The van der Waals surface area contributed by atoms with Crippen LogP contribution in [-0.4, -0.2) is 46.0 Å². The Morgan fingerprint density at radius 1 is 1.43 bits per heavy atom. The van der Waals surface area contributed by atoms with Crippen LogP contribution >= 0.6 is 0 Å². The number of aromatic nitrogens is 2. The molecule has 1 aliphatic heterocycles. The third kappa shape index (κ3) is 4.01. The van der Waals surface area contributed by atoms with E-state index >= 15 is 0 Å². The summed E-state index contributed by atoms with van der Waals surface area (Å²) in [6.07, 6.45) is 2.51. The molecule has 8 heteroatoms. The van der Waals surface area contributed by atoms with E-state index in [-0.39, 0.29) is 23.1 Å². The molecule has 0 aromatic carbocycles. The first kappa shape index (κ1) is 15.4. The molecule has 0 amide bonds. The number of nitrogen functional groups attached to an aromatic ring is 1. The van der Waals surface area contributed by atoms with Crippen molar-refractivity contribution in [3.05, 3.63) is 15.8 Å². The molecule has 1 aromatic heterocycles. The van der Waals surface area contributed by atoms with Gasteiger partial charge in [-0.05, 0) is 38.8 Å². The highest BCUT2D eigenvalue weighted by Crippen LogP contribution is 2.25. The van der Waals surface area contributed by atoms with Crippen molar-refractivity contribution < 1.29 is 4.92 Å². The third-order valence-electron chi connectivity index (χ3n) is 3.64. The van der Waals surface area contributed by atoms with Gasteiger partial charge < -0.3 is 16.0 Å². The molecule has 1 aliphatic rings. The zero-order valence-corrected chi connectivity index (χ0v) is 12.5. The van der Waals surface area contributed by atoms with Crippen LogP contribution in [0.2, 0.25) is 0 Å². The van der Waals surface area contributed by atoms with Gasteiger partial charge in [0.05, 0.1) is 4.92 Å². The van der Waals surface area contributed by atoms with Gasteiger partial charge >= 0.3 is 5.69 Å². The SMILES string of the molecule is Cc1nc(N)nc(NCC(C)CN2CCCC2)c1[N+](=O)[O-]. The van der Waals surface area contributed by atoms with E-state index in [9.17, 15) is 10.1 Å². The fourth-order valence-electron chi connectivity index (χ4n) is 2.67. The second kappa shape index (κ2) is 6.66. The minimum atomic E-state index is -0.470. The van der Waals surface area contributed by atoms with Crippen molar-refractivity contribution in [2.24, 2.45) is 5.92 Å². The lowest BCUT2D eigenvalue weighted by Crippen LogP contribution is -2.29. The first-order chi connectivity index (χ1) is 9.97. The number of rotatable bonds is 6. The molecule has 8 nitrogen and oxygen atoms in total. The maximum absolute atomic E-state index is 11.1. The molecule has 2 rings (SSSR count). The molecule has 0 bridgehead atoms. The van der Waals surface area contributed by atoms with Gasteiger partial charge in [-0.25, -0.2) is 4.98 Å². The number of likely N-dealkylation sites (tertiary alicyclic amines) is 1. The molecule has 0 aliphatic carbocycles. The third-order valence-corrected chi connectivity index (χ3v) is 3.64. The molecule has 0 spiro atoms. The summed E-state index contributed by atoms with van der Waals surface area (Å²) in [4.78, 5) is 20.9. The summed E-state index contributed by atoms with van der Waals surface area (Å²) in [5.74, 6) is 0.630. The van der Waals surface area contributed by atoms with E-state index in [0.29, 0.717) is 12.5 Å². The van der Waals surface area contributed by atoms with Crippen molar-refractivity contribution in [2.75, 3.05) is 37.2 Å². The maximum atomic E-state index is 11.1. The van der Waals surface area contributed by atoms with Gasteiger partial charge in [-0.1, -0.05) is 6.92 Å². The van der Waals surface area contributed by atoms with Crippen LogP contribution in [0.3, 0.4) is 0 Å². The van der Waals surface area contributed by atoms with Crippen LogP contribution in [0.25, 0.3) is 0 Å². The van der Waals surface area contributed by atoms with Crippen LogP contribution in [0.4, 0.5) is 17.5 Å². The van der Waals surface area contributed by atoms with E-state index < -0.39 is 4.92 Å². The standard InChI is InChI=1S/C13H22N6O2/c1-9(8-18-5-3-4-6-18)7-15-12-11(19(20)21)10(2)16-13(14)17-12/h9H,3-8H2,1-2H3,(H3,14,15,16,17). The van der Waals surface area contributed by atoms with Gasteiger partial charge in [-0.15, -0.1) is 0 Å². The summed E-state index contributed by atoms with van der Waals surface area (Å²) in [6.45, 7) is 7.57. The molecule has 1 atom stereocenters. The Labute approximate surface area is 123 Å². The molecular formula is C13H22N6O2. The number of nitrogens with two attached hydrogens (primary N) is 1. The Morgan fingerprint density at radius 3 is 2.71 bits per heavy atom. The van der Waals surface area contributed by atoms with E-state index in [1.165, 1.54) is 12.8 Å². The summed E-state index contributed by atoms with van der Waals surface area (Å²) >= 11 is 0. The molecule has 21 heavy (non-hydrogen) atoms. The van der Waals surface area contributed by atoms with Crippen LogP contribution in [0.1, 0.15) is 25.5 Å². The minimum Gasteiger partial charge on any atom is -0.368 e. The average molecular weight is 294 g/mol. The summed E-state index contributed by atoms with van der Waals surface area (Å²) in [6, 6.07) is 0. The van der Waals surface area contributed by atoms with Gasteiger partial charge in [0.1, 0.15) is 5.69 Å². The fraction of sp³-hybridized carbons (Fsp3) is 0.692. The van der Waals surface area contributed by atoms with E-state index in [1.807, 2.05) is 0 Å². The molecule has 116 valence electrons. The number of anilines is 2. The number of nitrogens with one attached hydrogen (secondary N) is 1. The summed E-state index contributed by atoms with van der Waals surface area (Å²) in [5, 5.41) is 14.2. The molecular weight excluding hydrogens is 272 g/mol. The smallest absolute Gasteiger partial charge is 0.332 e. The lowest BCUT2D eigenvalue weighted by molar-refractivity contribution is -0.385. The highest BCUT2D eigenvalue weighted by atomic mass is 16.6. The van der Waals surface area contributed by atoms with Gasteiger partial charge in [0.2, 0.25) is 11.8 Å². The number of hydrogen-bond acceptors (Lipinski definition) is 7. The summed E-state index contributed by atoms with van der Waals surface area (Å²) < 4.78 is 0. The van der Waals surface area contributed by atoms with Crippen LogP contribution in [0, 0.1) is 23.0 Å². The van der Waals surface area contributed by atoms with Crippen molar-refractivity contribution in [1.29, 1.82) is 0 Å². The van der Waals surface area contributed by atoms with Crippen molar-refractivity contribution in [3.8, 4) is 0 Å². The molecule has 0 radical (unpaired) electrons.